The highest BCUT2D eigenvalue weighted by Crippen LogP contribution is 2.23. The van der Waals surface area contributed by atoms with Crippen molar-refractivity contribution in [1.82, 2.24) is 4.98 Å². The second kappa shape index (κ2) is 5.52. The first-order chi connectivity index (χ1) is 9.13. The number of carbonyl (C=O) groups excluding carboxylic acids is 1. The van der Waals surface area contributed by atoms with Crippen LogP contribution in [0.5, 0.6) is 5.75 Å². The Morgan fingerprint density at radius 1 is 1.11 bits per heavy atom. The number of rotatable bonds is 3. The van der Waals surface area contributed by atoms with Gasteiger partial charge in [0.2, 0.25) is 0 Å². The predicted octanol–water partition coefficient (Wildman–Crippen LogP) is 2.85. The number of aryl methyl sites for hydroxylation is 1. The minimum Gasteiger partial charge on any atom is -0.497 e. The molecule has 0 atom stereocenters. The minimum absolute atomic E-state index is 0.234. The third-order valence-corrected chi connectivity index (χ3v) is 2.78. The zero-order valence-electron chi connectivity index (χ0n) is 11.1. The lowest BCUT2D eigenvalue weighted by atomic mass is 10.1. The molecule has 1 heterocycles. The van der Waals surface area contributed by atoms with E-state index in [1.807, 2.05) is 31.2 Å². The predicted molar refractivity (Wildman–Crippen MR) is 72.3 cm³/mol. The number of carbonyl (C=O) groups is 1. The van der Waals surface area contributed by atoms with Gasteiger partial charge in [0.15, 0.2) is 5.69 Å². The number of esters is 1. The summed E-state index contributed by atoms with van der Waals surface area (Å²) >= 11 is 0. The van der Waals surface area contributed by atoms with Crippen molar-refractivity contribution in [3.05, 3.63) is 47.7 Å². The van der Waals surface area contributed by atoms with Gasteiger partial charge in [-0.1, -0.05) is 29.8 Å². The summed E-state index contributed by atoms with van der Waals surface area (Å²) in [6, 6.07) is 11.2. The minimum atomic E-state index is -0.479. The van der Waals surface area contributed by atoms with Crippen molar-refractivity contribution >= 4 is 5.97 Å². The number of hydrogen-bond acceptors (Lipinski definition) is 4. The fraction of sp³-hybridized carbons (Fsp3) is 0.200. The van der Waals surface area contributed by atoms with Gasteiger partial charge >= 0.3 is 5.97 Å². The second-order valence-corrected chi connectivity index (χ2v) is 4.14. The normalized spacial score (nSPS) is 10.1. The molecule has 0 aliphatic heterocycles. The van der Waals surface area contributed by atoms with Crippen molar-refractivity contribution in [2.45, 2.75) is 6.92 Å². The molecular formula is C15H15NO3. The summed E-state index contributed by atoms with van der Waals surface area (Å²) in [5.41, 5.74) is 3.01. The van der Waals surface area contributed by atoms with E-state index in [9.17, 15) is 4.79 Å². The molecule has 0 spiro atoms. The van der Waals surface area contributed by atoms with E-state index in [2.05, 4.69) is 9.72 Å². The van der Waals surface area contributed by atoms with Crippen molar-refractivity contribution in [2.75, 3.05) is 14.2 Å². The van der Waals surface area contributed by atoms with Crippen LogP contribution in [-0.2, 0) is 4.74 Å². The van der Waals surface area contributed by atoms with Crippen molar-refractivity contribution < 1.29 is 14.3 Å². The molecule has 0 N–H and O–H groups in total. The molecule has 98 valence electrons. The standard InChI is InChI=1S/C15H15NO3/c1-10-4-6-11(7-5-10)13-8-12(18-2)9-14(16-13)15(17)19-3/h4-9H,1-3H3. The van der Waals surface area contributed by atoms with Crippen LogP contribution in [-0.4, -0.2) is 25.2 Å². The van der Waals surface area contributed by atoms with E-state index in [1.165, 1.54) is 12.7 Å². The van der Waals surface area contributed by atoms with Gasteiger partial charge in [-0.05, 0) is 6.92 Å². The fourth-order valence-corrected chi connectivity index (χ4v) is 1.70. The van der Waals surface area contributed by atoms with Crippen LogP contribution in [0.25, 0.3) is 11.3 Å². The third-order valence-electron chi connectivity index (χ3n) is 2.78. The summed E-state index contributed by atoms with van der Waals surface area (Å²) < 4.78 is 9.88. The van der Waals surface area contributed by atoms with Crippen LogP contribution < -0.4 is 4.74 Å². The van der Waals surface area contributed by atoms with Crippen LogP contribution in [0.2, 0.25) is 0 Å². The fourth-order valence-electron chi connectivity index (χ4n) is 1.70. The monoisotopic (exact) mass is 257 g/mol. The molecule has 2 aromatic rings. The number of nitrogens with zero attached hydrogens (tertiary/aromatic N) is 1. The molecule has 2 rings (SSSR count). The van der Waals surface area contributed by atoms with Gasteiger partial charge in [-0.25, -0.2) is 9.78 Å². The Bertz CT molecular complexity index is 591. The first-order valence-electron chi connectivity index (χ1n) is 5.85. The average molecular weight is 257 g/mol. The van der Waals surface area contributed by atoms with Crippen LogP contribution in [0, 0.1) is 6.92 Å². The molecule has 4 heteroatoms. The highest BCUT2D eigenvalue weighted by molar-refractivity contribution is 5.88. The van der Waals surface area contributed by atoms with Gasteiger partial charge in [0.25, 0.3) is 0 Å². The molecule has 0 radical (unpaired) electrons. The van der Waals surface area contributed by atoms with E-state index in [1.54, 1.807) is 19.2 Å². The number of pyridine rings is 1. The summed E-state index contributed by atoms with van der Waals surface area (Å²) in [7, 11) is 2.88. The molecule has 4 nitrogen and oxygen atoms in total. The molecule has 0 unspecified atom stereocenters. The summed E-state index contributed by atoms with van der Waals surface area (Å²) in [5.74, 6) is 0.0956. The van der Waals surface area contributed by atoms with E-state index in [4.69, 9.17) is 4.74 Å². The first kappa shape index (κ1) is 13.1. The Kier molecular flexibility index (Phi) is 3.80. The summed E-state index contributed by atoms with van der Waals surface area (Å²) in [5, 5.41) is 0. The summed E-state index contributed by atoms with van der Waals surface area (Å²) in [6.07, 6.45) is 0. The van der Waals surface area contributed by atoms with Gasteiger partial charge < -0.3 is 9.47 Å². The topological polar surface area (TPSA) is 48.4 Å². The van der Waals surface area contributed by atoms with Gasteiger partial charge in [-0.2, -0.15) is 0 Å². The molecule has 0 fully saturated rings. The lowest BCUT2D eigenvalue weighted by molar-refractivity contribution is 0.0593. The summed E-state index contributed by atoms with van der Waals surface area (Å²) in [4.78, 5) is 15.9. The molecule has 0 amide bonds. The molecule has 0 aliphatic rings. The average Bonchev–Trinajstić information content (AvgIpc) is 2.46. The molecule has 19 heavy (non-hydrogen) atoms. The molecule has 0 aliphatic carbocycles. The van der Waals surface area contributed by atoms with E-state index in [0.717, 1.165) is 5.56 Å². The van der Waals surface area contributed by atoms with Crippen LogP contribution in [0.4, 0.5) is 0 Å². The van der Waals surface area contributed by atoms with Gasteiger partial charge in [0.05, 0.1) is 19.9 Å². The Hall–Kier alpha value is -2.36. The number of methoxy groups -OCH3 is 2. The second-order valence-electron chi connectivity index (χ2n) is 4.14. The highest BCUT2D eigenvalue weighted by atomic mass is 16.5. The Balaban J connectivity index is 2.50. The van der Waals surface area contributed by atoms with Crippen LogP contribution in [0.1, 0.15) is 16.1 Å². The van der Waals surface area contributed by atoms with Crippen molar-refractivity contribution in [3.8, 4) is 17.0 Å². The number of aromatic nitrogens is 1. The Labute approximate surface area is 112 Å². The van der Waals surface area contributed by atoms with Crippen LogP contribution in [0.15, 0.2) is 36.4 Å². The molecule has 0 saturated heterocycles. The van der Waals surface area contributed by atoms with Crippen LogP contribution >= 0.6 is 0 Å². The first-order valence-corrected chi connectivity index (χ1v) is 5.85. The van der Waals surface area contributed by atoms with Gasteiger partial charge in [0, 0.05) is 17.7 Å². The molecular weight excluding hydrogens is 242 g/mol. The van der Waals surface area contributed by atoms with E-state index >= 15 is 0 Å². The van der Waals surface area contributed by atoms with E-state index in [-0.39, 0.29) is 5.69 Å². The zero-order valence-corrected chi connectivity index (χ0v) is 11.1. The van der Waals surface area contributed by atoms with Crippen LogP contribution in [0.3, 0.4) is 0 Å². The maximum absolute atomic E-state index is 11.6. The Morgan fingerprint density at radius 2 is 1.79 bits per heavy atom. The molecule has 1 aromatic heterocycles. The van der Waals surface area contributed by atoms with E-state index < -0.39 is 5.97 Å². The summed E-state index contributed by atoms with van der Waals surface area (Å²) in [6.45, 7) is 2.02. The zero-order chi connectivity index (χ0) is 13.8. The molecule has 0 bridgehead atoms. The maximum atomic E-state index is 11.6. The molecule has 1 aromatic carbocycles. The van der Waals surface area contributed by atoms with Crippen molar-refractivity contribution in [1.29, 1.82) is 0 Å². The Morgan fingerprint density at radius 3 is 2.37 bits per heavy atom. The van der Waals surface area contributed by atoms with Gasteiger partial charge in [-0.3, -0.25) is 0 Å². The third kappa shape index (κ3) is 2.91. The smallest absolute Gasteiger partial charge is 0.356 e. The number of hydrogen-bond donors (Lipinski definition) is 0. The van der Waals surface area contributed by atoms with Crippen molar-refractivity contribution in [3.63, 3.8) is 0 Å². The lowest BCUT2D eigenvalue weighted by Crippen LogP contribution is -2.05. The lowest BCUT2D eigenvalue weighted by Gasteiger charge is -2.07. The molecule has 0 saturated carbocycles. The number of benzene rings is 1. The largest absolute Gasteiger partial charge is 0.497 e. The highest BCUT2D eigenvalue weighted by Gasteiger charge is 2.12. The maximum Gasteiger partial charge on any atom is 0.356 e. The van der Waals surface area contributed by atoms with E-state index in [0.29, 0.717) is 11.4 Å². The van der Waals surface area contributed by atoms with Crippen molar-refractivity contribution in [2.24, 2.45) is 0 Å². The SMILES string of the molecule is COC(=O)c1cc(OC)cc(-c2ccc(C)cc2)n1. The van der Waals surface area contributed by atoms with Gasteiger partial charge in [-0.15, -0.1) is 0 Å². The number of ether oxygens (including phenoxy) is 2. The quantitative estimate of drug-likeness (QED) is 0.793. The van der Waals surface area contributed by atoms with Gasteiger partial charge in [0.1, 0.15) is 5.75 Å².